The highest BCUT2D eigenvalue weighted by molar-refractivity contribution is 6.07. The van der Waals surface area contributed by atoms with Gasteiger partial charge in [-0.3, -0.25) is 15.6 Å². The fourth-order valence-electron chi connectivity index (χ4n) is 3.46. The summed E-state index contributed by atoms with van der Waals surface area (Å²) in [6.07, 6.45) is 1.35. The molecule has 0 radical (unpaired) electrons. The molecule has 4 aromatic rings. The smallest absolute Gasteiger partial charge is 0.270 e. The summed E-state index contributed by atoms with van der Waals surface area (Å²) in [5, 5.41) is 4.97. The van der Waals surface area contributed by atoms with Crippen LogP contribution in [0.15, 0.2) is 67.0 Å². The zero-order chi connectivity index (χ0) is 21.9. The maximum Gasteiger partial charge on any atom is 0.270 e. The summed E-state index contributed by atoms with van der Waals surface area (Å²) in [7, 11) is 0. The number of ether oxygens (including phenoxy) is 2. The van der Waals surface area contributed by atoms with Crippen LogP contribution in [-0.4, -0.2) is 29.1 Å². The van der Waals surface area contributed by atoms with E-state index in [9.17, 15) is 4.79 Å². The van der Waals surface area contributed by atoms with Crippen molar-refractivity contribution in [2.45, 2.75) is 0 Å². The molecule has 0 atom stereocenters. The van der Waals surface area contributed by atoms with Crippen LogP contribution in [0.2, 0.25) is 0 Å². The lowest BCUT2D eigenvalue weighted by Crippen LogP contribution is -2.30. The van der Waals surface area contributed by atoms with Gasteiger partial charge in [0, 0.05) is 17.3 Å². The Kier molecular flexibility index (Phi) is 5.04. The maximum atomic E-state index is 12.8. The van der Waals surface area contributed by atoms with Crippen molar-refractivity contribution in [3.63, 3.8) is 0 Å². The van der Waals surface area contributed by atoms with Gasteiger partial charge in [-0.1, -0.05) is 36.4 Å². The highest BCUT2D eigenvalue weighted by Gasteiger charge is 2.15. The minimum atomic E-state index is -0.304. The van der Waals surface area contributed by atoms with Crippen LogP contribution in [0, 0.1) is 0 Å². The van der Waals surface area contributed by atoms with Gasteiger partial charge in [0.1, 0.15) is 25.2 Å². The first kappa shape index (κ1) is 19.4. The van der Waals surface area contributed by atoms with Gasteiger partial charge in [-0.05, 0) is 29.0 Å². The Balaban J connectivity index is 1.32. The summed E-state index contributed by atoms with van der Waals surface area (Å²) in [6, 6.07) is 18.7. The van der Waals surface area contributed by atoms with Gasteiger partial charge in [0.25, 0.3) is 5.91 Å². The molecule has 1 aliphatic rings. The molecule has 0 bridgehead atoms. The molecule has 160 valence electrons. The summed E-state index contributed by atoms with van der Waals surface area (Å²) < 4.78 is 11.1. The van der Waals surface area contributed by atoms with Crippen molar-refractivity contribution in [1.29, 1.82) is 0 Å². The number of hydrogen-bond donors (Lipinski definition) is 4. The van der Waals surface area contributed by atoms with Crippen LogP contribution in [0.5, 0.6) is 11.5 Å². The van der Waals surface area contributed by atoms with Gasteiger partial charge in [0.2, 0.25) is 0 Å². The third-order valence-electron chi connectivity index (χ3n) is 5.02. The van der Waals surface area contributed by atoms with E-state index in [1.165, 1.54) is 6.33 Å². The fourth-order valence-corrected chi connectivity index (χ4v) is 3.46. The Bertz CT molecular complexity index is 1300. The molecule has 1 aromatic heterocycles. The molecule has 2 heterocycles. The number of fused-ring (bicyclic) bond motifs is 2. The Labute approximate surface area is 183 Å². The summed E-state index contributed by atoms with van der Waals surface area (Å²) in [6.45, 7) is 1.02. The van der Waals surface area contributed by atoms with Gasteiger partial charge in [-0.25, -0.2) is 9.97 Å². The van der Waals surface area contributed by atoms with E-state index in [1.54, 1.807) is 6.07 Å². The molecule has 32 heavy (non-hydrogen) atoms. The quantitative estimate of drug-likeness (QED) is 0.356. The van der Waals surface area contributed by atoms with E-state index < -0.39 is 0 Å². The number of nitrogen functional groups attached to an aromatic ring is 1. The Morgan fingerprint density at radius 3 is 2.59 bits per heavy atom. The number of aromatic nitrogens is 2. The first-order valence-electron chi connectivity index (χ1n) is 10.0. The average Bonchev–Trinajstić information content (AvgIpc) is 2.84. The van der Waals surface area contributed by atoms with Crippen LogP contribution in [0.1, 0.15) is 10.4 Å². The summed E-state index contributed by atoms with van der Waals surface area (Å²) >= 11 is 0. The molecule has 0 spiro atoms. The van der Waals surface area contributed by atoms with Crippen LogP contribution in [0.4, 0.5) is 23.0 Å². The lowest BCUT2D eigenvalue weighted by molar-refractivity contribution is 0.0964. The molecule has 0 unspecified atom stereocenters. The molecule has 5 N–H and O–H groups in total. The van der Waals surface area contributed by atoms with E-state index in [0.717, 1.165) is 16.5 Å². The third-order valence-corrected chi connectivity index (χ3v) is 5.02. The van der Waals surface area contributed by atoms with Gasteiger partial charge in [0.15, 0.2) is 23.1 Å². The van der Waals surface area contributed by atoms with Crippen molar-refractivity contribution in [3.05, 3.63) is 72.6 Å². The summed E-state index contributed by atoms with van der Waals surface area (Å²) in [5.41, 5.74) is 13.2. The zero-order valence-corrected chi connectivity index (χ0v) is 17.0. The number of nitrogens with zero attached hydrogens (tertiary/aromatic N) is 2. The second kappa shape index (κ2) is 8.31. The third kappa shape index (κ3) is 3.79. The topological polar surface area (TPSA) is 123 Å². The van der Waals surface area contributed by atoms with Gasteiger partial charge in [-0.15, -0.1) is 0 Å². The van der Waals surface area contributed by atoms with Crippen molar-refractivity contribution in [2.75, 3.05) is 29.7 Å². The van der Waals surface area contributed by atoms with Crippen molar-refractivity contribution >= 4 is 39.7 Å². The van der Waals surface area contributed by atoms with Crippen LogP contribution in [0.25, 0.3) is 10.8 Å². The number of hydrazine groups is 1. The van der Waals surface area contributed by atoms with Gasteiger partial charge in [-0.2, -0.15) is 0 Å². The molecule has 9 heteroatoms. The number of nitrogens with two attached hydrogens (primary N) is 1. The molecule has 1 amide bonds. The van der Waals surface area contributed by atoms with Gasteiger partial charge < -0.3 is 20.5 Å². The highest BCUT2D eigenvalue weighted by Crippen LogP contribution is 2.34. The molecule has 0 saturated carbocycles. The van der Waals surface area contributed by atoms with E-state index >= 15 is 0 Å². The van der Waals surface area contributed by atoms with Gasteiger partial charge >= 0.3 is 0 Å². The average molecular weight is 428 g/mol. The minimum Gasteiger partial charge on any atom is -0.486 e. The molecule has 9 nitrogen and oxygen atoms in total. The zero-order valence-electron chi connectivity index (χ0n) is 17.0. The van der Waals surface area contributed by atoms with E-state index in [2.05, 4.69) is 26.1 Å². The predicted octanol–water partition coefficient (Wildman–Crippen LogP) is 3.48. The molecule has 1 aliphatic heterocycles. The SMILES string of the molecule is Nc1c(NNC(=O)c2cccc3ccccc23)ncnc1Nc1ccc2c(c1)OCCO2. The molecule has 0 aliphatic carbocycles. The number of anilines is 4. The standard InChI is InChI=1S/C23H20N6O3/c24-20-21(27-15-8-9-18-19(12-15)32-11-10-31-18)25-13-26-22(20)28-29-23(30)17-7-3-5-14-4-1-2-6-16(14)17/h1-9,12-13H,10-11,24H2,(H,29,30)(H2,25,26,27,28). The number of carbonyl (C=O) groups is 1. The number of carbonyl (C=O) groups excluding carboxylic acids is 1. The highest BCUT2D eigenvalue weighted by atomic mass is 16.6. The number of benzene rings is 3. The largest absolute Gasteiger partial charge is 0.486 e. The molecule has 5 rings (SSSR count). The van der Waals surface area contributed by atoms with Crippen molar-refractivity contribution in [1.82, 2.24) is 15.4 Å². The number of rotatable bonds is 5. The van der Waals surface area contributed by atoms with Crippen LogP contribution in [-0.2, 0) is 0 Å². The van der Waals surface area contributed by atoms with E-state index in [0.29, 0.717) is 36.1 Å². The van der Waals surface area contributed by atoms with Crippen LogP contribution < -0.4 is 31.4 Å². The van der Waals surface area contributed by atoms with Crippen molar-refractivity contribution in [2.24, 2.45) is 0 Å². The van der Waals surface area contributed by atoms with E-state index in [-0.39, 0.29) is 17.4 Å². The van der Waals surface area contributed by atoms with Crippen molar-refractivity contribution < 1.29 is 14.3 Å². The number of amides is 1. The number of nitrogens with one attached hydrogen (secondary N) is 3. The van der Waals surface area contributed by atoms with Gasteiger partial charge in [0.05, 0.1) is 0 Å². The van der Waals surface area contributed by atoms with Crippen molar-refractivity contribution in [3.8, 4) is 11.5 Å². The number of hydrogen-bond acceptors (Lipinski definition) is 8. The molecule has 3 aromatic carbocycles. The Morgan fingerprint density at radius 2 is 1.69 bits per heavy atom. The monoisotopic (exact) mass is 428 g/mol. The van der Waals surface area contributed by atoms with Crippen LogP contribution in [0.3, 0.4) is 0 Å². The summed E-state index contributed by atoms with van der Waals surface area (Å²) in [5.74, 6) is 1.69. The Morgan fingerprint density at radius 1 is 0.906 bits per heavy atom. The van der Waals surface area contributed by atoms with Crippen LogP contribution >= 0.6 is 0 Å². The second-order valence-corrected chi connectivity index (χ2v) is 7.07. The summed E-state index contributed by atoms with van der Waals surface area (Å²) in [4.78, 5) is 21.1. The Hall–Kier alpha value is -4.53. The minimum absolute atomic E-state index is 0.251. The maximum absolute atomic E-state index is 12.8. The molecular weight excluding hydrogens is 408 g/mol. The molecule has 0 fully saturated rings. The predicted molar refractivity (Wildman–Crippen MR) is 122 cm³/mol. The lowest BCUT2D eigenvalue weighted by Gasteiger charge is -2.19. The first-order valence-corrected chi connectivity index (χ1v) is 10.0. The van der Waals surface area contributed by atoms with E-state index in [4.69, 9.17) is 15.2 Å². The lowest BCUT2D eigenvalue weighted by atomic mass is 10.0. The molecular formula is C23H20N6O3. The molecule has 0 saturated heterocycles. The fraction of sp³-hybridized carbons (Fsp3) is 0.0870. The first-order chi connectivity index (χ1) is 15.7. The normalized spacial score (nSPS) is 12.2. The van der Waals surface area contributed by atoms with E-state index in [1.807, 2.05) is 54.6 Å². The second-order valence-electron chi connectivity index (χ2n) is 7.07.